The molecule has 0 saturated carbocycles. The fraction of sp³-hybridized carbons (Fsp3) is 0.706. The Kier molecular flexibility index (Phi) is 5.64. The molecule has 0 bridgehead atoms. The van der Waals surface area contributed by atoms with Crippen LogP contribution in [0.3, 0.4) is 0 Å². The minimum absolute atomic E-state index is 0.0660. The molecule has 1 aliphatic heterocycles. The van der Waals surface area contributed by atoms with E-state index in [1.54, 1.807) is 0 Å². The number of primary amides is 1. The van der Waals surface area contributed by atoms with Crippen LogP contribution >= 0.6 is 0 Å². The highest BCUT2D eigenvalue weighted by atomic mass is 16.2. The monoisotopic (exact) mass is 335 g/mol. The van der Waals surface area contributed by atoms with Crippen LogP contribution < -0.4 is 11.1 Å². The maximum atomic E-state index is 12.5. The zero-order chi connectivity index (χ0) is 17.9. The van der Waals surface area contributed by atoms with Crippen LogP contribution in [0.15, 0.2) is 6.07 Å². The van der Waals surface area contributed by atoms with Gasteiger partial charge in [0.15, 0.2) is 0 Å². The van der Waals surface area contributed by atoms with Gasteiger partial charge in [0.05, 0.1) is 17.8 Å². The Labute approximate surface area is 143 Å². The Balaban J connectivity index is 2.03. The van der Waals surface area contributed by atoms with Crippen LogP contribution in [-0.2, 0) is 15.1 Å². The van der Waals surface area contributed by atoms with Crippen LogP contribution in [0.25, 0.3) is 0 Å². The van der Waals surface area contributed by atoms with Gasteiger partial charge in [-0.25, -0.2) is 4.68 Å². The maximum absolute atomic E-state index is 12.5. The number of nitrogens with zero attached hydrogens (tertiary/aromatic N) is 3. The van der Waals surface area contributed by atoms with E-state index in [9.17, 15) is 9.59 Å². The summed E-state index contributed by atoms with van der Waals surface area (Å²) in [6.07, 6.45) is 3.34. The first-order chi connectivity index (χ1) is 11.2. The van der Waals surface area contributed by atoms with Crippen molar-refractivity contribution < 1.29 is 9.59 Å². The highest BCUT2D eigenvalue weighted by molar-refractivity contribution is 5.91. The molecule has 1 aromatic rings. The van der Waals surface area contributed by atoms with Crippen molar-refractivity contribution in [3.63, 3.8) is 0 Å². The molecule has 134 valence electrons. The van der Waals surface area contributed by atoms with E-state index in [0.717, 1.165) is 31.5 Å². The molecule has 7 nitrogen and oxygen atoms in total. The Morgan fingerprint density at radius 3 is 2.71 bits per heavy atom. The number of likely N-dealkylation sites (tertiary alicyclic amines) is 1. The third-order valence-electron chi connectivity index (χ3n) is 4.27. The molecule has 0 unspecified atom stereocenters. The molecule has 1 fully saturated rings. The van der Waals surface area contributed by atoms with Crippen molar-refractivity contribution >= 4 is 17.6 Å². The average Bonchev–Trinajstić information content (AvgIpc) is 2.81. The first kappa shape index (κ1) is 18.4. The van der Waals surface area contributed by atoms with Crippen molar-refractivity contribution in [2.24, 2.45) is 5.73 Å². The zero-order valence-electron chi connectivity index (χ0n) is 15.1. The van der Waals surface area contributed by atoms with Gasteiger partial charge >= 0.3 is 0 Å². The van der Waals surface area contributed by atoms with Crippen molar-refractivity contribution in [1.29, 1.82) is 0 Å². The summed E-state index contributed by atoms with van der Waals surface area (Å²) in [5.41, 5.74) is 5.99. The molecule has 2 rings (SSSR count). The van der Waals surface area contributed by atoms with E-state index in [4.69, 9.17) is 5.73 Å². The molecule has 1 aromatic heterocycles. The first-order valence-electron chi connectivity index (χ1n) is 8.56. The molecule has 0 spiro atoms. The first-order valence-corrected chi connectivity index (χ1v) is 8.56. The standard InChI is InChI=1S/C17H29N5O2/c1-12-9-15(22(20-12)17(2,3)4)19-16(24)11-21-8-6-5-7-13(21)10-14(18)23/h9,13H,5-8,10-11H2,1-4H3,(H2,18,23)(H,19,24)/t13-/m1/s1. The largest absolute Gasteiger partial charge is 0.370 e. The third-order valence-corrected chi connectivity index (χ3v) is 4.27. The molecule has 2 heterocycles. The number of nitrogens with two attached hydrogens (primary N) is 1. The molecule has 1 saturated heterocycles. The molecule has 3 N–H and O–H groups in total. The number of anilines is 1. The lowest BCUT2D eigenvalue weighted by Crippen LogP contribution is -2.45. The quantitative estimate of drug-likeness (QED) is 0.855. The second-order valence-electron chi connectivity index (χ2n) is 7.59. The molecule has 0 aromatic carbocycles. The van der Waals surface area contributed by atoms with Gasteiger partial charge in [-0.05, 0) is 47.1 Å². The van der Waals surface area contributed by atoms with Gasteiger partial charge in [-0.3, -0.25) is 14.5 Å². The molecule has 24 heavy (non-hydrogen) atoms. The Bertz CT molecular complexity index is 603. The lowest BCUT2D eigenvalue weighted by atomic mass is 9.99. The number of amides is 2. The summed E-state index contributed by atoms with van der Waals surface area (Å²) in [7, 11) is 0. The lowest BCUT2D eigenvalue weighted by Gasteiger charge is -2.34. The van der Waals surface area contributed by atoms with Gasteiger partial charge in [-0.1, -0.05) is 6.42 Å². The van der Waals surface area contributed by atoms with Crippen LogP contribution in [0.4, 0.5) is 5.82 Å². The summed E-state index contributed by atoms with van der Waals surface area (Å²) in [5.74, 6) is 0.305. The summed E-state index contributed by atoms with van der Waals surface area (Å²) in [6.45, 7) is 9.13. The van der Waals surface area contributed by atoms with Crippen LogP contribution in [0.1, 0.15) is 52.1 Å². The highest BCUT2D eigenvalue weighted by Gasteiger charge is 2.26. The van der Waals surface area contributed by atoms with Gasteiger partial charge < -0.3 is 11.1 Å². The van der Waals surface area contributed by atoms with Gasteiger partial charge in [0.2, 0.25) is 11.8 Å². The van der Waals surface area contributed by atoms with Crippen LogP contribution in [0.2, 0.25) is 0 Å². The van der Waals surface area contributed by atoms with Crippen molar-refractivity contribution in [2.75, 3.05) is 18.4 Å². The zero-order valence-corrected chi connectivity index (χ0v) is 15.1. The Morgan fingerprint density at radius 1 is 1.38 bits per heavy atom. The number of hydrogen-bond acceptors (Lipinski definition) is 4. The molecule has 2 amide bonds. The normalized spacial score (nSPS) is 19.2. The Morgan fingerprint density at radius 2 is 2.08 bits per heavy atom. The summed E-state index contributed by atoms with van der Waals surface area (Å²) >= 11 is 0. The number of rotatable bonds is 5. The molecular weight excluding hydrogens is 306 g/mol. The number of piperidine rings is 1. The van der Waals surface area contributed by atoms with Crippen LogP contribution in [0.5, 0.6) is 0 Å². The minimum Gasteiger partial charge on any atom is -0.370 e. The summed E-state index contributed by atoms with van der Waals surface area (Å²) < 4.78 is 1.83. The van der Waals surface area contributed by atoms with Crippen LogP contribution in [0, 0.1) is 6.92 Å². The molecule has 0 radical (unpaired) electrons. The number of carbonyl (C=O) groups is 2. The summed E-state index contributed by atoms with van der Waals surface area (Å²) in [6, 6.07) is 1.94. The van der Waals surface area contributed by atoms with E-state index in [1.165, 1.54) is 0 Å². The van der Waals surface area contributed by atoms with E-state index >= 15 is 0 Å². The Hall–Kier alpha value is -1.89. The summed E-state index contributed by atoms with van der Waals surface area (Å²) in [4.78, 5) is 25.8. The van der Waals surface area contributed by atoms with E-state index in [-0.39, 0.29) is 29.9 Å². The minimum atomic E-state index is -0.311. The van der Waals surface area contributed by atoms with Gasteiger partial charge in [0, 0.05) is 18.5 Å². The molecule has 0 aliphatic carbocycles. The second-order valence-corrected chi connectivity index (χ2v) is 7.59. The second kappa shape index (κ2) is 7.34. The number of carbonyl (C=O) groups excluding carboxylic acids is 2. The average molecular weight is 335 g/mol. The predicted molar refractivity (Wildman–Crippen MR) is 93.6 cm³/mol. The number of aryl methyl sites for hydroxylation is 1. The molecule has 1 atom stereocenters. The smallest absolute Gasteiger partial charge is 0.239 e. The number of aromatic nitrogens is 2. The third kappa shape index (κ3) is 4.80. The van der Waals surface area contributed by atoms with Crippen molar-refractivity contribution in [2.45, 2.75) is 65.0 Å². The maximum Gasteiger partial charge on any atom is 0.239 e. The lowest BCUT2D eigenvalue weighted by molar-refractivity contribution is -0.122. The van der Waals surface area contributed by atoms with E-state index in [2.05, 4.69) is 15.3 Å². The van der Waals surface area contributed by atoms with Crippen molar-refractivity contribution in [3.05, 3.63) is 11.8 Å². The highest BCUT2D eigenvalue weighted by Crippen LogP contribution is 2.22. The van der Waals surface area contributed by atoms with Gasteiger partial charge in [-0.2, -0.15) is 5.10 Å². The van der Waals surface area contributed by atoms with Crippen molar-refractivity contribution in [1.82, 2.24) is 14.7 Å². The molecule has 1 aliphatic rings. The topological polar surface area (TPSA) is 93.3 Å². The van der Waals surface area contributed by atoms with Gasteiger partial charge in [0.25, 0.3) is 0 Å². The van der Waals surface area contributed by atoms with Crippen molar-refractivity contribution in [3.8, 4) is 0 Å². The van der Waals surface area contributed by atoms with E-state index < -0.39 is 0 Å². The van der Waals surface area contributed by atoms with Crippen LogP contribution in [-0.4, -0.2) is 45.6 Å². The molecular formula is C17H29N5O2. The SMILES string of the molecule is Cc1cc(NC(=O)CN2CCCC[C@@H]2CC(N)=O)n(C(C)(C)C)n1. The van der Waals surface area contributed by atoms with E-state index in [1.807, 2.05) is 38.4 Å². The molecule has 7 heteroatoms. The number of nitrogens with one attached hydrogen (secondary N) is 1. The fourth-order valence-electron chi connectivity index (χ4n) is 3.20. The van der Waals surface area contributed by atoms with Gasteiger partial charge in [-0.15, -0.1) is 0 Å². The summed E-state index contributed by atoms with van der Waals surface area (Å²) in [5, 5.41) is 7.43. The van der Waals surface area contributed by atoms with E-state index in [0.29, 0.717) is 12.2 Å². The van der Waals surface area contributed by atoms with Gasteiger partial charge in [0.1, 0.15) is 5.82 Å². The fourth-order valence-corrected chi connectivity index (χ4v) is 3.20. The predicted octanol–water partition coefficient (Wildman–Crippen LogP) is 1.61. The number of hydrogen-bond donors (Lipinski definition) is 2.